The molecule has 0 aliphatic carbocycles. The van der Waals surface area contributed by atoms with Crippen molar-refractivity contribution in [1.29, 1.82) is 0 Å². The summed E-state index contributed by atoms with van der Waals surface area (Å²) in [6.07, 6.45) is 2.24. The molecule has 0 N–H and O–H groups in total. The first-order chi connectivity index (χ1) is 11.4. The Morgan fingerprint density at radius 3 is 2.71 bits per heavy atom. The van der Waals surface area contributed by atoms with E-state index in [9.17, 15) is 18.0 Å². The zero-order chi connectivity index (χ0) is 17.3. The molecule has 2 heterocycles. The van der Waals surface area contributed by atoms with Crippen LogP contribution in [0.5, 0.6) is 0 Å². The van der Waals surface area contributed by atoms with Crippen LogP contribution < -0.4 is 4.90 Å². The van der Waals surface area contributed by atoms with Gasteiger partial charge in [-0.05, 0) is 30.9 Å². The lowest BCUT2D eigenvalue weighted by atomic mass is 10.0. The minimum atomic E-state index is -3.10. The van der Waals surface area contributed by atoms with E-state index in [1.165, 1.54) is 11.8 Å². The molecule has 0 saturated carbocycles. The number of aryl methyl sites for hydroxylation is 1. The highest BCUT2D eigenvalue weighted by Gasteiger charge is 2.35. The molecule has 2 aliphatic rings. The van der Waals surface area contributed by atoms with Crippen LogP contribution in [0.3, 0.4) is 0 Å². The molecule has 0 bridgehead atoms. The minimum absolute atomic E-state index is 0.0452. The Labute approximate surface area is 142 Å². The van der Waals surface area contributed by atoms with E-state index in [1.807, 2.05) is 24.3 Å². The maximum absolute atomic E-state index is 12.8. The molecule has 3 rings (SSSR count). The van der Waals surface area contributed by atoms with Crippen LogP contribution in [0.15, 0.2) is 24.3 Å². The quantitative estimate of drug-likeness (QED) is 0.815. The van der Waals surface area contributed by atoms with E-state index in [-0.39, 0.29) is 29.9 Å². The van der Waals surface area contributed by atoms with E-state index in [1.54, 1.807) is 4.90 Å². The summed E-state index contributed by atoms with van der Waals surface area (Å²) < 4.78 is 23.4. The largest absolute Gasteiger partial charge is 0.330 e. The number of anilines is 1. The monoisotopic (exact) mass is 350 g/mol. The van der Waals surface area contributed by atoms with Crippen molar-refractivity contribution in [2.75, 3.05) is 29.5 Å². The summed E-state index contributed by atoms with van der Waals surface area (Å²) in [5.74, 6) is -0.365. The number of carbonyl (C=O) groups is 2. The number of hydrogen-bond donors (Lipinski definition) is 0. The van der Waals surface area contributed by atoms with Crippen LogP contribution in [0.25, 0.3) is 0 Å². The Kier molecular flexibility index (Phi) is 4.62. The molecule has 1 unspecified atom stereocenters. The molecule has 2 amide bonds. The average molecular weight is 350 g/mol. The van der Waals surface area contributed by atoms with Crippen LogP contribution in [0.1, 0.15) is 25.3 Å². The first kappa shape index (κ1) is 17.0. The van der Waals surface area contributed by atoms with Crippen molar-refractivity contribution < 1.29 is 18.0 Å². The molecule has 1 saturated heterocycles. The molecule has 1 atom stereocenters. The summed E-state index contributed by atoms with van der Waals surface area (Å²) in [5, 5.41) is 0. The number of para-hydroxylation sites is 1. The molecule has 1 fully saturated rings. The first-order valence-corrected chi connectivity index (χ1v) is 10.1. The third-order valence-corrected chi connectivity index (χ3v) is 6.52. The highest BCUT2D eigenvalue weighted by atomic mass is 32.2. The number of nitrogens with zero attached hydrogens (tertiary/aromatic N) is 2. The van der Waals surface area contributed by atoms with E-state index in [0.717, 1.165) is 24.1 Å². The summed E-state index contributed by atoms with van der Waals surface area (Å²) >= 11 is 0. The van der Waals surface area contributed by atoms with Crippen molar-refractivity contribution in [1.82, 2.24) is 4.90 Å². The number of carbonyl (C=O) groups excluding carboxylic acids is 2. The zero-order valence-corrected chi connectivity index (χ0v) is 14.6. The van der Waals surface area contributed by atoms with Gasteiger partial charge in [0.1, 0.15) is 6.54 Å². The van der Waals surface area contributed by atoms with Gasteiger partial charge in [0.15, 0.2) is 9.84 Å². The van der Waals surface area contributed by atoms with Crippen LogP contribution in [0, 0.1) is 0 Å². The Bertz CT molecular complexity index is 760. The molecule has 7 heteroatoms. The molecule has 0 spiro atoms. The van der Waals surface area contributed by atoms with E-state index < -0.39 is 15.9 Å². The summed E-state index contributed by atoms with van der Waals surface area (Å²) in [4.78, 5) is 27.9. The highest BCUT2D eigenvalue weighted by molar-refractivity contribution is 7.91. The second-order valence-electron chi connectivity index (χ2n) is 6.48. The minimum Gasteiger partial charge on any atom is -0.330 e. The van der Waals surface area contributed by atoms with Crippen molar-refractivity contribution in [3.63, 3.8) is 0 Å². The topological polar surface area (TPSA) is 74.8 Å². The molecular weight excluding hydrogens is 328 g/mol. The van der Waals surface area contributed by atoms with Gasteiger partial charge in [0.05, 0.1) is 11.5 Å². The normalized spacial score (nSPS) is 22.0. The van der Waals surface area contributed by atoms with Gasteiger partial charge < -0.3 is 9.80 Å². The Morgan fingerprint density at radius 2 is 2.04 bits per heavy atom. The molecule has 6 nitrogen and oxygen atoms in total. The Hall–Kier alpha value is -1.89. The third-order valence-electron chi connectivity index (χ3n) is 4.77. The smallest absolute Gasteiger partial charge is 0.246 e. The lowest BCUT2D eigenvalue weighted by Gasteiger charge is -2.33. The molecule has 0 radical (unpaired) electrons. The molecule has 0 aromatic heterocycles. The summed E-state index contributed by atoms with van der Waals surface area (Å²) in [6, 6.07) is 7.40. The standard InChI is InChI=1S/C17H22N2O4S/c1-13(20)19(15-8-10-24(22,23)12-15)11-17(21)18-9-4-6-14-5-2-3-7-16(14)18/h2-3,5,7,15H,4,6,8-12H2,1H3. The molecule has 24 heavy (non-hydrogen) atoms. The van der Waals surface area contributed by atoms with E-state index in [2.05, 4.69) is 0 Å². The van der Waals surface area contributed by atoms with Crippen LogP contribution in [0.4, 0.5) is 5.69 Å². The Morgan fingerprint density at radius 1 is 1.29 bits per heavy atom. The Balaban J connectivity index is 1.77. The average Bonchev–Trinajstić information content (AvgIpc) is 2.91. The van der Waals surface area contributed by atoms with Crippen LogP contribution in [-0.4, -0.2) is 55.8 Å². The molecule has 1 aromatic carbocycles. The number of amides is 2. The van der Waals surface area contributed by atoms with Gasteiger partial charge in [-0.3, -0.25) is 9.59 Å². The van der Waals surface area contributed by atoms with Gasteiger partial charge in [-0.2, -0.15) is 0 Å². The van der Waals surface area contributed by atoms with Crippen molar-refractivity contribution in [3.8, 4) is 0 Å². The number of sulfone groups is 1. The molecular formula is C17H22N2O4S. The number of fused-ring (bicyclic) bond motifs is 1. The van der Waals surface area contributed by atoms with E-state index in [4.69, 9.17) is 0 Å². The maximum Gasteiger partial charge on any atom is 0.246 e. The number of benzene rings is 1. The first-order valence-electron chi connectivity index (χ1n) is 8.23. The molecule has 130 valence electrons. The predicted octanol–water partition coefficient (Wildman–Crippen LogP) is 1.00. The number of rotatable bonds is 3. The lowest BCUT2D eigenvalue weighted by molar-refractivity contribution is -0.135. The second kappa shape index (κ2) is 6.55. The van der Waals surface area contributed by atoms with Crippen LogP contribution >= 0.6 is 0 Å². The summed E-state index contributed by atoms with van der Waals surface area (Å²) in [6.45, 7) is 1.96. The van der Waals surface area contributed by atoms with Crippen molar-refractivity contribution in [2.24, 2.45) is 0 Å². The molecule has 1 aromatic rings. The fourth-order valence-corrected chi connectivity index (χ4v) is 5.27. The third kappa shape index (κ3) is 3.45. The van der Waals surface area contributed by atoms with Crippen molar-refractivity contribution in [2.45, 2.75) is 32.2 Å². The van der Waals surface area contributed by atoms with Crippen LogP contribution in [0.2, 0.25) is 0 Å². The van der Waals surface area contributed by atoms with Crippen molar-refractivity contribution >= 4 is 27.3 Å². The summed E-state index contributed by atoms with van der Waals surface area (Å²) in [5.41, 5.74) is 2.03. The van der Waals surface area contributed by atoms with Crippen LogP contribution in [-0.2, 0) is 25.8 Å². The fraction of sp³-hybridized carbons (Fsp3) is 0.529. The van der Waals surface area contributed by atoms with Gasteiger partial charge in [-0.1, -0.05) is 18.2 Å². The zero-order valence-electron chi connectivity index (χ0n) is 13.8. The second-order valence-corrected chi connectivity index (χ2v) is 8.71. The van der Waals surface area contributed by atoms with E-state index >= 15 is 0 Å². The van der Waals surface area contributed by atoms with Crippen molar-refractivity contribution in [3.05, 3.63) is 29.8 Å². The number of hydrogen-bond acceptors (Lipinski definition) is 4. The van der Waals surface area contributed by atoms with E-state index in [0.29, 0.717) is 13.0 Å². The van der Waals surface area contributed by atoms with Gasteiger partial charge in [0.25, 0.3) is 0 Å². The van der Waals surface area contributed by atoms with Gasteiger partial charge in [0, 0.05) is 25.2 Å². The molecule has 2 aliphatic heterocycles. The van der Waals surface area contributed by atoms with Gasteiger partial charge >= 0.3 is 0 Å². The summed E-state index contributed by atoms with van der Waals surface area (Å²) in [7, 11) is -3.10. The van der Waals surface area contributed by atoms with Gasteiger partial charge in [-0.15, -0.1) is 0 Å². The predicted molar refractivity (Wildman–Crippen MR) is 91.6 cm³/mol. The maximum atomic E-state index is 12.8. The van der Waals surface area contributed by atoms with Gasteiger partial charge in [0.2, 0.25) is 11.8 Å². The SMILES string of the molecule is CC(=O)N(CC(=O)N1CCCc2ccccc21)C1CCS(=O)(=O)C1. The lowest BCUT2D eigenvalue weighted by Crippen LogP contribution is -2.48. The van der Waals surface area contributed by atoms with Gasteiger partial charge in [-0.25, -0.2) is 8.42 Å². The fourth-order valence-electron chi connectivity index (χ4n) is 3.54. The highest BCUT2D eigenvalue weighted by Crippen LogP contribution is 2.27.